The Kier molecular flexibility index (Phi) is 4.77. The third-order valence-electron chi connectivity index (χ3n) is 3.22. The molecule has 20 heavy (non-hydrogen) atoms. The van der Waals surface area contributed by atoms with Crippen molar-refractivity contribution in [1.29, 1.82) is 0 Å². The summed E-state index contributed by atoms with van der Waals surface area (Å²) in [5.41, 5.74) is 5.50. The second-order valence-corrected chi connectivity index (χ2v) is 6.59. The molecule has 0 fully saturated rings. The number of carbonyl (C=O) groups is 2. The number of nitrogens with one attached hydrogen (secondary N) is 2. The van der Waals surface area contributed by atoms with Gasteiger partial charge in [-0.05, 0) is 26.0 Å². The van der Waals surface area contributed by atoms with Crippen LogP contribution in [0.5, 0.6) is 0 Å². The summed E-state index contributed by atoms with van der Waals surface area (Å²) < 4.78 is 7.54. The molecule has 2 amide bonds. The fourth-order valence-corrected chi connectivity index (χ4v) is 3.10. The molecule has 0 atom stereocenters. The lowest BCUT2D eigenvalue weighted by Gasteiger charge is -2.28. The molecule has 0 aliphatic carbocycles. The molecule has 0 radical (unpaired) electrons. The van der Waals surface area contributed by atoms with E-state index in [4.69, 9.17) is 0 Å². The minimum atomic E-state index is -0.630. The van der Waals surface area contributed by atoms with Gasteiger partial charge in [-0.2, -0.15) is 20.5 Å². The van der Waals surface area contributed by atoms with E-state index in [9.17, 15) is 9.59 Å². The second-order valence-electron chi connectivity index (χ2n) is 4.88. The van der Waals surface area contributed by atoms with Crippen molar-refractivity contribution in [2.24, 2.45) is 5.41 Å². The molecule has 2 N–H and O–H groups in total. The van der Waals surface area contributed by atoms with Crippen LogP contribution in [0.1, 0.15) is 30.8 Å². The molecule has 8 heteroatoms. The van der Waals surface area contributed by atoms with Crippen molar-refractivity contribution in [3.63, 3.8) is 0 Å². The molecule has 0 unspecified atom stereocenters. The Labute approximate surface area is 125 Å². The smallest absolute Gasteiger partial charge is 0.272 e. The number of hydrogen-bond acceptors (Lipinski definition) is 6. The number of carbonyl (C=O) groups excluding carboxylic acids is 2. The monoisotopic (exact) mass is 312 g/mol. The first-order valence-electron chi connectivity index (χ1n) is 6.17. The van der Waals surface area contributed by atoms with Crippen molar-refractivity contribution < 1.29 is 9.59 Å². The van der Waals surface area contributed by atoms with E-state index in [-0.39, 0.29) is 11.6 Å². The predicted octanol–water partition coefficient (Wildman–Crippen LogP) is 1.39. The molecule has 1 aliphatic rings. The SMILES string of the molecule is CC(C)(C(=O)NNC(=O)c1cnsn1)C1=CCSCC1. The van der Waals surface area contributed by atoms with E-state index in [1.807, 2.05) is 25.6 Å². The van der Waals surface area contributed by atoms with Gasteiger partial charge in [-0.15, -0.1) is 0 Å². The maximum atomic E-state index is 12.2. The highest BCUT2D eigenvalue weighted by molar-refractivity contribution is 7.99. The Bertz CT molecular complexity index is 526. The largest absolute Gasteiger partial charge is 0.291 e. The molecule has 1 aliphatic heterocycles. The lowest BCUT2D eigenvalue weighted by atomic mass is 9.81. The van der Waals surface area contributed by atoms with Crippen LogP contribution in [-0.2, 0) is 4.79 Å². The summed E-state index contributed by atoms with van der Waals surface area (Å²) in [5.74, 6) is 1.27. The molecule has 2 heterocycles. The molecule has 1 aromatic rings. The Morgan fingerprint density at radius 2 is 2.15 bits per heavy atom. The van der Waals surface area contributed by atoms with Crippen molar-refractivity contribution in [3.05, 3.63) is 23.5 Å². The van der Waals surface area contributed by atoms with Gasteiger partial charge in [-0.25, -0.2) is 0 Å². The summed E-state index contributed by atoms with van der Waals surface area (Å²) in [6, 6.07) is 0. The highest BCUT2D eigenvalue weighted by Gasteiger charge is 2.32. The van der Waals surface area contributed by atoms with Gasteiger partial charge in [-0.1, -0.05) is 11.6 Å². The standard InChI is InChI=1S/C12H16N4O2S2/c1-12(2,8-3-5-19-6-4-8)11(18)15-14-10(17)9-7-13-20-16-9/h3,7H,4-6H2,1-2H3,(H,14,17)(H,15,18). The third kappa shape index (κ3) is 3.37. The zero-order valence-electron chi connectivity index (χ0n) is 11.3. The Balaban J connectivity index is 1.94. The molecule has 108 valence electrons. The van der Waals surface area contributed by atoms with Gasteiger partial charge in [0, 0.05) is 5.75 Å². The van der Waals surface area contributed by atoms with Gasteiger partial charge < -0.3 is 0 Å². The second kappa shape index (κ2) is 6.36. The zero-order valence-corrected chi connectivity index (χ0v) is 12.9. The average molecular weight is 312 g/mol. The fourth-order valence-electron chi connectivity index (χ4n) is 1.84. The van der Waals surface area contributed by atoms with Gasteiger partial charge in [-0.3, -0.25) is 20.4 Å². The zero-order chi connectivity index (χ0) is 14.6. The summed E-state index contributed by atoms with van der Waals surface area (Å²) in [6.07, 6.45) is 4.35. The Hall–Kier alpha value is -1.41. The molecule has 0 spiro atoms. The van der Waals surface area contributed by atoms with Gasteiger partial charge in [0.15, 0.2) is 5.69 Å². The van der Waals surface area contributed by atoms with E-state index < -0.39 is 11.3 Å². The quantitative estimate of drug-likeness (QED) is 0.651. The van der Waals surface area contributed by atoms with Crippen molar-refractivity contribution in [2.75, 3.05) is 11.5 Å². The van der Waals surface area contributed by atoms with Crippen molar-refractivity contribution in [3.8, 4) is 0 Å². The number of nitrogens with zero attached hydrogens (tertiary/aromatic N) is 2. The van der Waals surface area contributed by atoms with E-state index in [0.717, 1.165) is 35.2 Å². The number of hydrogen-bond donors (Lipinski definition) is 2. The third-order valence-corrected chi connectivity index (χ3v) is 4.59. The molecule has 0 saturated carbocycles. The van der Waals surface area contributed by atoms with E-state index >= 15 is 0 Å². The lowest BCUT2D eigenvalue weighted by Crippen LogP contribution is -2.48. The first-order chi connectivity index (χ1) is 9.51. The summed E-state index contributed by atoms with van der Waals surface area (Å²) in [4.78, 5) is 23.9. The minimum absolute atomic E-state index is 0.196. The number of rotatable bonds is 3. The Morgan fingerprint density at radius 1 is 1.35 bits per heavy atom. The van der Waals surface area contributed by atoms with Crippen LogP contribution in [0.3, 0.4) is 0 Å². The molecule has 1 aromatic heterocycles. The van der Waals surface area contributed by atoms with E-state index in [0.29, 0.717) is 0 Å². The van der Waals surface area contributed by atoms with E-state index in [1.54, 1.807) is 0 Å². The predicted molar refractivity (Wildman–Crippen MR) is 79.3 cm³/mol. The van der Waals surface area contributed by atoms with Gasteiger partial charge in [0.1, 0.15) is 0 Å². The van der Waals surface area contributed by atoms with Crippen LogP contribution >= 0.6 is 23.5 Å². The van der Waals surface area contributed by atoms with Gasteiger partial charge in [0.2, 0.25) is 5.91 Å². The molecular formula is C12H16N4O2S2. The van der Waals surface area contributed by atoms with Crippen molar-refractivity contribution >= 4 is 35.3 Å². The molecule has 2 rings (SSSR count). The normalized spacial score (nSPS) is 15.4. The first-order valence-corrected chi connectivity index (χ1v) is 8.06. The van der Waals surface area contributed by atoms with Crippen LogP contribution in [0.4, 0.5) is 0 Å². The molecule has 0 bridgehead atoms. The molecule has 0 saturated heterocycles. The summed E-state index contributed by atoms with van der Waals surface area (Å²) in [6.45, 7) is 3.72. The minimum Gasteiger partial charge on any atom is -0.272 e. The fraction of sp³-hybridized carbons (Fsp3) is 0.500. The van der Waals surface area contributed by atoms with Gasteiger partial charge in [0.25, 0.3) is 5.91 Å². The summed E-state index contributed by atoms with van der Waals surface area (Å²) >= 11 is 2.80. The summed E-state index contributed by atoms with van der Waals surface area (Å²) in [5, 5.41) is 0. The number of aromatic nitrogens is 2. The topological polar surface area (TPSA) is 84.0 Å². The van der Waals surface area contributed by atoms with E-state index in [2.05, 4.69) is 25.7 Å². The van der Waals surface area contributed by atoms with Crippen LogP contribution in [0.15, 0.2) is 17.8 Å². The first kappa shape index (κ1) is 15.0. The summed E-state index contributed by atoms with van der Waals surface area (Å²) in [7, 11) is 0. The van der Waals surface area contributed by atoms with Crippen molar-refractivity contribution in [1.82, 2.24) is 19.6 Å². The lowest BCUT2D eigenvalue weighted by molar-refractivity contribution is -0.128. The van der Waals surface area contributed by atoms with Crippen LogP contribution < -0.4 is 10.9 Å². The van der Waals surface area contributed by atoms with Crippen molar-refractivity contribution in [2.45, 2.75) is 20.3 Å². The molecular weight excluding hydrogens is 296 g/mol. The Morgan fingerprint density at radius 3 is 2.75 bits per heavy atom. The van der Waals surface area contributed by atoms with Gasteiger partial charge in [0.05, 0.1) is 23.3 Å². The van der Waals surface area contributed by atoms with Crippen LogP contribution in [0, 0.1) is 5.41 Å². The van der Waals surface area contributed by atoms with E-state index in [1.165, 1.54) is 6.20 Å². The highest BCUT2D eigenvalue weighted by Crippen LogP contribution is 2.33. The average Bonchev–Trinajstić information content (AvgIpc) is 2.99. The maximum Gasteiger partial charge on any atom is 0.291 e. The maximum absolute atomic E-state index is 12.2. The van der Waals surface area contributed by atoms with Crippen LogP contribution in [0.25, 0.3) is 0 Å². The molecule has 0 aromatic carbocycles. The van der Waals surface area contributed by atoms with Crippen LogP contribution in [0.2, 0.25) is 0 Å². The van der Waals surface area contributed by atoms with Gasteiger partial charge >= 0.3 is 0 Å². The molecule has 6 nitrogen and oxygen atoms in total. The number of hydrazine groups is 1. The highest BCUT2D eigenvalue weighted by atomic mass is 32.2. The number of amides is 2. The number of thioether (sulfide) groups is 1. The van der Waals surface area contributed by atoms with Crippen LogP contribution in [-0.4, -0.2) is 32.1 Å².